The first-order valence-electron chi connectivity index (χ1n) is 5.60. The van der Waals surface area contributed by atoms with Crippen LogP contribution < -0.4 is 5.73 Å². The number of aliphatic hydroxyl groups excluding tert-OH is 2. The van der Waals surface area contributed by atoms with Crippen LogP contribution in [0.5, 0.6) is 0 Å². The Bertz CT molecular complexity index is 572. The second kappa shape index (κ2) is 4.16. The van der Waals surface area contributed by atoms with Crippen LogP contribution in [-0.2, 0) is 4.74 Å². The molecule has 2 aromatic rings. The highest BCUT2D eigenvalue weighted by molar-refractivity contribution is 5.83. The first-order valence-corrected chi connectivity index (χ1v) is 5.60. The quantitative estimate of drug-likeness (QED) is 0.629. The summed E-state index contributed by atoms with van der Waals surface area (Å²) in [5, 5.41) is 26.7. The number of rotatable bonds is 2. The number of anilines is 1. The third-order valence-electron chi connectivity index (χ3n) is 3.08. The molecule has 3 atom stereocenters. The van der Waals surface area contributed by atoms with E-state index in [1.165, 1.54) is 0 Å². The van der Waals surface area contributed by atoms with Crippen LogP contribution in [0.15, 0.2) is 12.3 Å². The summed E-state index contributed by atoms with van der Waals surface area (Å²) in [4.78, 5) is 3.93. The minimum atomic E-state index is -0.710. The smallest absolute Gasteiger partial charge is 0.155 e. The van der Waals surface area contributed by atoms with Crippen molar-refractivity contribution in [3.63, 3.8) is 0 Å². The van der Waals surface area contributed by atoms with E-state index in [-0.39, 0.29) is 6.61 Å². The van der Waals surface area contributed by atoms with Crippen molar-refractivity contribution in [3.05, 3.63) is 12.3 Å². The van der Waals surface area contributed by atoms with Crippen LogP contribution in [0, 0.1) is 0 Å². The predicted molar refractivity (Wildman–Crippen MR) is 61.4 cm³/mol. The Morgan fingerprint density at radius 2 is 2.39 bits per heavy atom. The zero-order valence-corrected chi connectivity index (χ0v) is 9.47. The third kappa shape index (κ3) is 1.62. The summed E-state index contributed by atoms with van der Waals surface area (Å²) in [7, 11) is 0. The highest BCUT2D eigenvalue weighted by Crippen LogP contribution is 2.30. The highest BCUT2D eigenvalue weighted by atomic mass is 16.5. The van der Waals surface area contributed by atoms with Gasteiger partial charge in [0.25, 0.3) is 0 Å². The molecule has 0 radical (unpaired) electrons. The van der Waals surface area contributed by atoms with Gasteiger partial charge in [-0.25, -0.2) is 9.67 Å². The monoisotopic (exact) mass is 251 g/mol. The zero-order chi connectivity index (χ0) is 12.7. The lowest BCUT2D eigenvalue weighted by atomic mass is 10.2. The maximum Gasteiger partial charge on any atom is 0.155 e. The summed E-state index contributed by atoms with van der Waals surface area (Å²) in [6.07, 6.45) is 0.161. The summed E-state index contributed by atoms with van der Waals surface area (Å²) < 4.78 is 7.06. The maximum absolute atomic E-state index is 9.70. The lowest BCUT2D eigenvalue weighted by Crippen LogP contribution is -2.24. The third-order valence-corrected chi connectivity index (χ3v) is 3.08. The minimum absolute atomic E-state index is 0.228. The zero-order valence-electron chi connectivity index (χ0n) is 9.47. The maximum atomic E-state index is 9.70. The van der Waals surface area contributed by atoms with E-state index in [0.717, 1.165) is 0 Å². The fourth-order valence-electron chi connectivity index (χ4n) is 2.13. The van der Waals surface area contributed by atoms with Gasteiger partial charge in [-0.05, 0) is 6.07 Å². The van der Waals surface area contributed by atoms with E-state index in [2.05, 4.69) is 15.3 Å². The number of nitrogens with two attached hydrogens (primary N) is 1. The first kappa shape index (κ1) is 11.3. The normalized spacial score (nSPS) is 28.0. The first-order chi connectivity index (χ1) is 8.70. The Labute approximate surface area is 102 Å². The number of ether oxygens (including phenoxy) is 1. The van der Waals surface area contributed by atoms with E-state index in [1.807, 2.05) is 0 Å². The van der Waals surface area contributed by atoms with Gasteiger partial charge in [-0.1, -0.05) is 5.21 Å². The number of hydrogen-bond donors (Lipinski definition) is 3. The molecule has 1 unspecified atom stereocenters. The van der Waals surface area contributed by atoms with E-state index in [9.17, 15) is 5.11 Å². The van der Waals surface area contributed by atoms with Gasteiger partial charge in [-0.2, -0.15) is 0 Å². The lowest BCUT2D eigenvalue weighted by molar-refractivity contribution is -0.0474. The van der Waals surface area contributed by atoms with E-state index in [0.29, 0.717) is 23.3 Å². The lowest BCUT2D eigenvalue weighted by Gasteiger charge is -2.12. The molecular formula is C10H13N5O3. The van der Waals surface area contributed by atoms with Crippen molar-refractivity contribution in [2.75, 3.05) is 12.3 Å². The van der Waals surface area contributed by atoms with Crippen LogP contribution in [0.4, 0.5) is 5.82 Å². The summed E-state index contributed by atoms with van der Waals surface area (Å²) in [6.45, 7) is -0.228. The molecule has 3 rings (SSSR count). The fourth-order valence-corrected chi connectivity index (χ4v) is 2.13. The number of aliphatic hydroxyl groups is 2. The van der Waals surface area contributed by atoms with Gasteiger partial charge < -0.3 is 20.7 Å². The van der Waals surface area contributed by atoms with Crippen molar-refractivity contribution in [2.24, 2.45) is 0 Å². The second-order valence-electron chi connectivity index (χ2n) is 4.21. The summed E-state index contributed by atoms with van der Waals surface area (Å²) >= 11 is 0. The van der Waals surface area contributed by atoms with Gasteiger partial charge in [-0.3, -0.25) is 0 Å². The van der Waals surface area contributed by atoms with Gasteiger partial charge in [0.1, 0.15) is 6.10 Å². The van der Waals surface area contributed by atoms with Crippen LogP contribution >= 0.6 is 0 Å². The molecule has 3 heterocycles. The van der Waals surface area contributed by atoms with Crippen molar-refractivity contribution >= 4 is 16.9 Å². The number of pyridine rings is 1. The average Bonchev–Trinajstić information content (AvgIpc) is 2.93. The summed E-state index contributed by atoms with van der Waals surface area (Å²) in [6, 6.07) is 1.73. The Balaban J connectivity index is 1.99. The molecule has 0 aliphatic carbocycles. The number of nitrogens with zero attached hydrogens (tertiary/aromatic N) is 4. The van der Waals surface area contributed by atoms with Gasteiger partial charge in [0.05, 0.1) is 18.2 Å². The molecule has 18 heavy (non-hydrogen) atoms. The van der Waals surface area contributed by atoms with Gasteiger partial charge in [0.15, 0.2) is 17.6 Å². The van der Waals surface area contributed by atoms with Gasteiger partial charge in [-0.15, -0.1) is 5.10 Å². The standard InChI is InChI=1S/C10H13N5O3/c11-10-9-5(1-2-12-10)15(14-13-9)8-3-6(17)7(4-16)18-8/h1-2,6-8,16-17H,3-4H2,(H2,11,12)/t6-,7?,8+/m0/s1. The summed E-state index contributed by atoms with van der Waals surface area (Å²) in [5.41, 5.74) is 6.89. The minimum Gasteiger partial charge on any atom is -0.394 e. The number of nitrogen functional groups attached to an aromatic ring is 1. The average molecular weight is 251 g/mol. The van der Waals surface area contributed by atoms with E-state index in [1.54, 1.807) is 16.9 Å². The molecule has 1 aliphatic heterocycles. The van der Waals surface area contributed by atoms with Crippen LogP contribution in [-0.4, -0.2) is 49.0 Å². The largest absolute Gasteiger partial charge is 0.394 e. The van der Waals surface area contributed by atoms with Gasteiger partial charge in [0, 0.05) is 12.6 Å². The fraction of sp³-hybridized carbons (Fsp3) is 0.500. The number of hydrogen-bond acceptors (Lipinski definition) is 7. The molecule has 1 saturated heterocycles. The second-order valence-corrected chi connectivity index (χ2v) is 4.21. The van der Waals surface area contributed by atoms with Crippen LogP contribution in [0.3, 0.4) is 0 Å². The molecule has 0 amide bonds. The Morgan fingerprint density at radius 3 is 3.11 bits per heavy atom. The predicted octanol–water partition coefficient (Wildman–Crippen LogP) is -0.951. The van der Waals surface area contributed by atoms with E-state index in [4.69, 9.17) is 15.6 Å². The molecule has 1 fully saturated rings. The molecule has 2 aromatic heterocycles. The van der Waals surface area contributed by atoms with Crippen LogP contribution in [0.25, 0.3) is 11.0 Å². The Morgan fingerprint density at radius 1 is 1.56 bits per heavy atom. The number of aromatic nitrogens is 4. The molecular weight excluding hydrogens is 238 g/mol. The molecule has 8 heteroatoms. The molecule has 0 spiro atoms. The SMILES string of the molecule is Nc1nccc2c1nnn2[C@H]1C[C@H](O)C(CO)O1. The van der Waals surface area contributed by atoms with Gasteiger partial charge in [0.2, 0.25) is 0 Å². The molecule has 0 bridgehead atoms. The summed E-state index contributed by atoms with van der Waals surface area (Å²) in [5.74, 6) is 0.302. The van der Waals surface area contributed by atoms with E-state index < -0.39 is 18.4 Å². The van der Waals surface area contributed by atoms with Crippen molar-refractivity contribution in [1.82, 2.24) is 20.0 Å². The molecule has 0 aromatic carbocycles. The topological polar surface area (TPSA) is 119 Å². The highest BCUT2D eigenvalue weighted by Gasteiger charge is 2.35. The van der Waals surface area contributed by atoms with E-state index >= 15 is 0 Å². The molecule has 1 aliphatic rings. The molecule has 4 N–H and O–H groups in total. The van der Waals surface area contributed by atoms with Crippen molar-refractivity contribution in [3.8, 4) is 0 Å². The van der Waals surface area contributed by atoms with Gasteiger partial charge >= 0.3 is 0 Å². The Hall–Kier alpha value is -1.77. The van der Waals surface area contributed by atoms with Crippen molar-refractivity contribution in [2.45, 2.75) is 24.9 Å². The molecule has 96 valence electrons. The molecule has 8 nitrogen and oxygen atoms in total. The van der Waals surface area contributed by atoms with Crippen LogP contribution in [0.2, 0.25) is 0 Å². The molecule has 0 saturated carbocycles. The van der Waals surface area contributed by atoms with Crippen LogP contribution in [0.1, 0.15) is 12.6 Å². The van der Waals surface area contributed by atoms with Crippen molar-refractivity contribution < 1.29 is 14.9 Å². The number of fused-ring (bicyclic) bond motifs is 1. The van der Waals surface area contributed by atoms with Crippen molar-refractivity contribution in [1.29, 1.82) is 0 Å². The Kier molecular flexibility index (Phi) is 2.62.